The van der Waals surface area contributed by atoms with E-state index in [1.165, 1.54) is 6.82 Å². The van der Waals surface area contributed by atoms with Crippen molar-refractivity contribution in [1.82, 2.24) is 0 Å². The molecule has 0 aromatic carbocycles. The first-order chi connectivity index (χ1) is 2.00. The minimum atomic E-state index is 1.50. The van der Waals surface area contributed by atoms with Gasteiger partial charge in [-0.25, -0.2) is 0 Å². The predicted molar refractivity (Wildman–Crippen MR) is 26.5 cm³/mol. The van der Waals surface area contributed by atoms with Gasteiger partial charge in [0.1, 0.15) is 0 Å². The lowest BCUT2D eigenvalue weighted by atomic mass is 10.2. The van der Waals surface area contributed by atoms with E-state index in [1.54, 1.807) is 6.26 Å². The molecule has 0 aliphatic carbocycles. The van der Waals surface area contributed by atoms with Crippen molar-refractivity contribution in [2.24, 2.45) is 0 Å². The van der Waals surface area contributed by atoms with Gasteiger partial charge in [0, 0.05) is 0 Å². The summed E-state index contributed by atoms with van der Waals surface area (Å²) in [4.78, 5) is 0. The quantitative estimate of drug-likeness (QED) is 0.318. The molecule has 2 heteroatoms. The summed E-state index contributed by atoms with van der Waals surface area (Å²) in [5, 5.41) is 0. The van der Waals surface area contributed by atoms with Crippen LogP contribution < -0.4 is 0 Å². The second-order valence-electron chi connectivity index (χ2n) is 0. The lowest BCUT2D eigenvalue weighted by molar-refractivity contribution is 2.40. The van der Waals surface area contributed by atoms with Crippen molar-refractivity contribution in [3.63, 3.8) is 0 Å². The molecule has 0 nitrogen and oxygen atoms in total. The highest BCUT2D eigenvalue weighted by Crippen LogP contribution is 1.31. The van der Waals surface area contributed by atoms with Crippen molar-refractivity contribution >= 4 is 20.5 Å². The third kappa shape index (κ3) is 28.1. The van der Waals surface area contributed by atoms with Crippen molar-refractivity contribution in [1.29, 1.82) is 0 Å². The van der Waals surface area contributed by atoms with E-state index in [-0.39, 0.29) is 0 Å². The summed E-state index contributed by atoms with van der Waals surface area (Å²) < 4.78 is 0. The van der Waals surface area contributed by atoms with Crippen LogP contribution in [0.3, 0.4) is 0 Å². The number of rotatable bonds is 0. The topological polar surface area (TPSA) is 0 Å². The first-order valence-electron chi connectivity index (χ1n) is 1.02. The summed E-state index contributed by atoms with van der Waals surface area (Å²) in [6.45, 7) is 1.50. The molecule has 2 radical (unpaired) electrons. The van der Waals surface area contributed by atoms with E-state index in [2.05, 4.69) is 20.5 Å². The minimum absolute atomic E-state index is 1.50. The zero-order valence-corrected chi connectivity index (χ0v) is 3.92. The molecule has 0 aromatic heterocycles. The summed E-state index contributed by atoms with van der Waals surface area (Å²) in [5.41, 5.74) is 0. The second kappa shape index (κ2) is 116. The Bertz CT molecular complexity index is 6.00. The lowest BCUT2D eigenvalue weighted by Gasteiger charge is -1.11. The Hall–Kier alpha value is 0.415. The maximum Gasteiger partial charge on any atom is 0.0606 e. The maximum absolute atomic E-state index is 4.50. The molecule has 0 amide bonds. The molecule has 0 bridgehead atoms. The van der Waals surface area contributed by atoms with E-state index in [9.17, 15) is 0 Å². The average molecular weight is 74.0 g/mol. The van der Waals surface area contributed by atoms with Gasteiger partial charge in [0.25, 0.3) is 0 Å². The van der Waals surface area contributed by atoms with Crippen LogP contribution in [0, 0.1) is 0 Å². The molecule has 0 aliphatic rings. The van der Waals surface area contributed by atoms with Gasteiger partial charge < -0.3 is 0 Å². The summed E-state index contributed by atoms with van der Waals surface area (Å²) in [7, 11) is 4.50. The van der Waals surface area contributed by atoms with Gasteiger partial charge in [-0.15, -0.1) is 0 Å². The number of thiol groups is 1. The van der Waals surface area contributed by atoms with Gasteiger partial charge >= 0.3 is 0 Å². The third-order valence-electron chi connectivity index (χ3n) is 0. The largest absolute Gasteiger partial charge is 0.183 e. The molecule has 0 fully saturated rings. The highest BCUT2D eigenvalue weighted by atomic mass is 32.1. The Balaban J connectivity index is 0. The van der Waals surface area contributed by atoms with Gasteiger partial charge in [0.2, 0.25) is 0 Å². The molecule has 0 aromatic rings. The van der Waals surface area contributed by atoms with Crippen LogP contribution in [0.25, 0.3) is 0 Å². The van der Waals surface area contributed by atoms with Gasteiger partial charge in [-0.05, 0) is 6.26 Å². The number of hydrogen-bond acceptors (Lipinski definition) is 1. The fourth-order valence-corrected chi connectivity index (χ4v) is 0. The first kappa shape index (κ1) is 8.83. The van der Waals surface area contributed by atoms with Crippen LogP contribution in [-0.2, 0) is 0 Å². The average Bonchev–Trinajstić information content (AvgIpc) is 1.50. The Labute approximate surface area is 34.4 Å². The summed E-state index contributed by atoms with van der Waals surface area (Å²) in [6.07, 6.45) is 1.69. The van der Waals surface area contributed by atoms with E-state index in [4.69, 9.17) is 0 Å². The summed E-state index contributed by atoms with van der Waals surface area (Å²) in [5.74, 6) is 0. The van der Waals surface area contributed by atoms with E-state index >= 15 is 0 Å². The predicted octanol–water partition coefficient (Wildman–Crippen LogP) is 0.749. The zero-order chi connectivity index (χ0) is 4.00. The molecule has 4 heavy (non-hydrogen) atoms. The molecule has 0 rings (SSSR count). The molecule has 24 valence electrons. The SMILES string of the molecule is CS.[B]C. The van der Waals surface area contributed by atoms with Crippen LogP contribution in [0.15, 0.2) is 0 Å². The van der Waals surface area contributed by atoms with Crippen molar-refractivity contribution in [2.75, 3.05) is 6.26 Å². The molecular formula is C2H7BS. The first-order valence-corrected chi connectivity index (χ1v) is 1.92. The molecule has 0 N–H and O–H groups in total. The highest BCUT2D eigenvalue weighted by Gasteiger charge is 0.984. The van der Waals surface area contributed by atoms with Gasteiger partial charge in [0.05, 0.1) is 7.85 Å². The Morgan fingerprint density at radius 2 is 1.25 bits per heavy atom. The highest BCUT2D eigenvalue weighted by molar-refractivity contribution is 7.79. The fraction of sp³-hybridized carbons (Fsp3) is 1.00. The molecule has 0 aliphatic heterocycles. The van der Waals surface area contributed by atoms with Crippen LogP contribution in [0.2, 0.25) is 6.82 Å². The van der Waals surface area contributed by atoms with Crippen LogP contribution in [0.4, 0.5) is 0 Å². The standard InChI is InChI=1S/CH3B.CH4S/c2*1-2/h1H3;2H,1H3. The van der Waals surface area contributed by atoms with Gasteiger partial charge in [0.15, 0.2) is 0 Å². The van der Waals surface area contributed by atoms with Gasteiger partial charge in [-0.1, -0.05) is 6.82 Å². The summed E-state index contributed by atoms with van der Waals surface area (Å²) in [6, 6.07) is 0. The van der Waals surface area contributed by atoms with Crippen molar-refractivity contribution < 1.29 is 0 Å². The van der Waals surface area contributed by atoms with Gasteiger partial charge in [-0.3, -0.25) is 0 Å². The van der Waals surface area contributed by atoms with E-state index in [0.29, 0.717) is 0 Å². The normalized spacial score (nSPS) is 2.75. The maximum atomic E-state index is 4.50. The van der Waals surface area contributed by atoms with E-state index in [0.717, 1.165) is 0 Å². The Morgan fingerprint density at radius 1 is 1.25 bits per heavy atom. The molecule has 0 saturated heterocycles. The fourth-order valence-electron chi connectivity index (χ4n) is 0. The monoisotopic (exact) mass is 74.0 g/mol. The molecule has 0 unspecified atom stereocenters. The molecular weight excluding hydrogens is 66.9 g/mol. The molecule has 0 saturated carbocycles. The van der Waals surface area contributed by atoms with Crippen LogP contribution in [0.5, 0.6) is 0 Å². The lowest BCUT2D eigenvalue weighted by Crippen LogP contribution is -1.13. The zero-order valence-electron chi connectivity index (χ0n) is 3.02. The number of hydrogen-bond donors (Lipinski definition) is 1. The molecule has 0 atom stereocenters. The Kier molecular flexibility index (Phi) is 255. The van der Waals surface area contributed by atoms with E-state index < -0.39 is 0 Å². The smallest absolute Gasteiger partial charge is 0.0606 e. The van der Waals surface area contributed by atoms with Crippen LogP contribution in [0.1, 0.15) is 0 Å². The van der Waals surface area contributed by atoms with Crippen molar-refractivity contribution in [3.05, 3.63) is 0 Å². The van der Waals surface area contributed by atoms with E-state index in [1.807, 2.05) is 0 Å². The molecule has 0 spiro atoms. The van der Waals surface area contributed by atoms with Crippen LogP contribution >= 0.6 is 12.6 Å². The van der Waals surface area contributed by atoms with Crippen molar-refractivity contribution in [2.45, 2.75) is 6.82 Å². The minimum Gasteiger partial charge on any atom is -0.183 e. The Morgan fingerprint density at radius 3 is 1.25 bits per heavy atom. The second-order valence-corrected chi connectivity index (χ2v) is 0. The summed E-state index contributed by atoms with van der Waals surface area (Å²) >= 11 is 3.53. The van der Waals surface area contributed by atoms with Crippen LogP contribution in [-0.4, -0.2) is 14.1 Å². The third-order valence-corrected chi connectivity index (χ3v) is 0. The van der Waals surface area contributed by atoms with Gasteiger partial charge in [-0.2, -0.15) is 12.6 Å². The molecule has 0 heterocycles. The van der Waals surface area contributed by atoms with Crippen molar-refractivity contribution in [3.8, 4) is 0 Å².